The number of carbonyl (C=O) groups is 1. The SMILES string of the molecule is C=CC(N(C(C=C)P(=O)(O)O)C(O)(C(=O)O)C(C)C)P(=O)(O)O. The smallest absolute Gasteiger partial charge is 0.351 e. The van der Waals surface area contributed by atoms with Crippen LogP contribution < -0.4 is 0 Å². The Morgan fingerprint density at radius 3 is 1.48 bits per heavy atom. The molecule has 0 radical (unpaired) electrons. The van der Waals surface area contributed by atoms with Crippen molar-refractivity contribution in [2.24, 2.45) is 5.92 Å². The van der Waals surface area contributed by atoms with E-state index in [1.54, 1.807) is 0 Å². The van der Waals surface area contributed by atoms with E-state index in [2.05, 4.69) is 13.2 Å². The maximum absolute atomic E-state index is 11.6. The number of carboxylic acids is 1. The first kappa shape index (κ1) is 22.2. The molecule has 3 unspecified atom stereocenters. The van der Waals surface area contributed by atoms with Crippen molar-refractivity contribution in [3.63, 3.8) is 0 Å². The lowest BCUT2D eigenvalue weighted by Gasteiger charge is -2.45. The van der Waals surface area contributed by atoms with Crippen molar-refractivity contribution in [2.45, 2.75) is 31.1 Å². The fourth-order valence-corrected chi connectivity index (χ4v) is 3.98. The summed E-state index contributed by atoms with van der Waals surface area (Å²) in [6.07, 6.45) is 1.23. The van der Waals surface area contributed by atoms with Gasteiger partial charge < -0.3 is 29.8 Å². The molecule has 0 aromatic heterocycles. The Balaban J connectivity index is 6.70. The van der Waals surface area contributed by atoms with E-state index in [1.807, 2.05) is 0 Å². The van der Waals surface area contributed by atoms with Gasteiger partial charge in [-0.3, -0.25) is 9.13 Å². The van der Waals surface area contributed by atoms with Crippen molar-refractivity contribution in [1.29, 1.82) is 0 Å². The lowest BCUT2D eigenvalue weighted by atomic mass is 9.97. The predicted octanol–water partition coefficient (Wildman–Crippen LogP) is 0.0972. The van der Waals surface area contributed by atoms with Gasteiger partial charge in [0.1, 0.15) is 11.6 Å². The molecule has 6 N–H and O–H groups in total. The van der Waals surface area contributed by atoms with Gasteiger partial charge in [0.05, 0.1) is 0 Å². The quantitative estimate of drug-likeness (QED) is 0.185. The monoisotopic (exact) mass is 373 g/mol. The molecule has 0 aromatic carbocycles. The Bertz CT molecular complexity index is 532. The third-order valence-electron chi connectivity index (χ3n) is 3.19. The Labute approximate surface area is 133 Å². The van der Waals surface area contributed by atoms with E-state index in [1.165, 1.54) is 13.8 Å². The standard InChI is InChI=1S/C11H21NO9P2/c1-5-8(22(16,17)18)12(9(6-2)23(19,20)21)11(15,7(3)4)10(13)14/h5-9,15H,1-2H2,3-4H3,(H,13,14)(H2,16,17,18)(H2,19,20,21). The molecular formula is C11H21NO9P2. The first-order valence-electron chi connectivity index (χ1n) is 6.25. The van der Waals surface area contributed by atoms with Crippen molar-refractivity contribution >= 4 is 21.2 Å². The summed E-state index contributed by atoms with van der Waals surface area (Å²) < 4.78 is 23.3. The highest BCUT2D eigenvalue weighted by atomic mass is 31.2. The maximum Gasteiger partial charge on any atom is 0.351 e. The molecule has 12 heteroatoms. The average Bonchev–Trinajstić information content (AvgIpc) is 2.33. The van der Waals surface area contributed by atoms with Gasteiger partial charge in [0, 0.05) is 5.92 Å². The van der Waals surface area contributed by atoms with Crippen LogP contribution >= 0.6 is 15.2 Å². The molecule has 0 rings (SSSR count). The highest BCUT2D eigenvalue weighted by molar-refractivity contribution is 7.53. The lowest BCUT2D eigenvalue weighted by molar-refractivity contribution is -0.196. The number of hydrogen-bond donors (Lipinski definition) is 6. The van der Waals surface area contributed by atoms with Crippen LogP contribution in [0.2, 0.25) is 0 Å². The lowest BCUT2D eigenvalue weighted by Crippen LogP contribution is -2.64. The summed E-state index contributed by atoms with van der Waals surface area (Å²) in [4.78, 5) is 49.2. The molecule has 0 spiro atoms. The van der Waals surface area contributed by atoms with Crippen LogP contribution in [0.3, 0.4) is 0 Å². The average molecular weight is 373 g/mol. The molecule has 3 atom stereocenters. The number of nitrogens with zero attached hydrogens (tertiary/aromatic N) is 1. The molecular weight excluding hydrogens is 352 g/mol. The van der Waals surface area contributed by atoms with Crippen molar-refractivity contribution in [3.05, 3.63) is 25.3 Å². The first-order valence-corrected chi connectivity index (χ1v) is 9.61. The zero-order chi connectivity index (χ0) is 18.8. The highest BCUT2D eigenvalue weighted by Crippen LogP contribution is 2.54. The topological polar surface area (TPSA) is 176 Å². The zero-order valence-corrected chi connectivity index (χ0v) is 14.3. The van der Waals surface area contributed by atoms with E-state index in [-0.39, 0.29) is 4.90 Å². The molecule has 0 aliphatic carbocycles. The predicted molar refractivity (Wildman–Crippen MR) is 81.3 cm³/mol. The molecule has 0 heterocycles. The molecule has 0 saturated carbocycles. The summed E-state index contributed by atoms with van der Waals surface area (Å²) in [7, 11) is -10.3. The minimum atomic E-state index is -5.15. The second-order valence-corrected chi connectivity index (χ2v) is 8.48. The molecule has 10 nitrogen and oxygen atoms in total. The fraction of sp³-hybridized carbons (Fsp3) is 0.545. The molecule has 0 amide bonds. The summed E-state index contributed by atoms with van der Waals surface area (Å²) in [6.45, 7) is 8.73. The third-order valence-corrected chi connectivity index (χ3v) is 5.49. The summed E-state index contributed by atoms with van der Waals surface area (Å²) in [5, 5.41) is 19.8. The normalized spacial score (nSPS) is 18.3. The van der Waals surface area contributed by atoms with Gasteiger partial charge in [-0.25, -0.2) is 9.69 Å². The van der Waals surface area contributed by atoms with Crippen LogP contribution in [-0.2, 0) is 13.9 Å². The van der Waals surface area contributed by atoms with Gasteiger partial charge in [-0.1, -0.05) is 26.0 Å². The van der Waals surface area contributed by atoms with Crippen molar-refractivity contribution in [3.8, 4) is 0 Å². The Kier molecular flexibility index (Phi) is 7.11. The largest absolute Gasteiger partial charge is 0.478 e. The van der Waals surface area contributed by atoms with E-state index in [0.717, 1.165) is 0 Å². The molecule has 0 fully saturated rings. The van der Waals surface area contributed by atoms with Crippen LogP contribution in [0.5, 0.6) is 0 Å². The maximum atomic E-state index is 11.6. The van der Waals surface area contributed by atoms with Crippen molar-refractivity contribution < 1.29 is 43.7 Å². The van der Waals surface area contributed by atoms with Crippen molar-refractivity contribution in [1.82, 2.24) is 4.90 Å². The third kappa shape index (κ3) is 4.59. The zero-order valence-electron chi connectivity index (χ0n) is 12.6. The second kappa shape index (κ2) is 7.38. The Hall–Kier alpha value is -0.830. The van der Waals surface area contributed by atoms with Gasteiger partial charge in [-0.15, -0.1) is 13.2 Å². The van der Waals surface area contributed by atoms with Crippen LogP contribution in [0, 0.1) is 5.92 Å². The van der Waals surface area contributed by atoms with Gasteiger partial charge >= 0.3 is 21.2 Å². The van der Waals surface area contributed by atoms with Gasteiger partial charge in [0.2, 0.25) is 5.72 Å². The van der Waals surface area contributed by atoms with Crippen LogP contribution in [0.1, 0.15) is 13.8 Å². The number of hydrogen-bond acceptors (Lipinski definition) is 5. The molecule has 0 aliphatic rings. The van der Waals surface area contributed by atoms with Gasteiger partial charge in [0.25, 0.3) is 0 Å². The number of aliphatic carboxylic acids is 1. The van der Waals surface area contributed by atoms with Gasteiger partial charge in [-0.05, 0) is 0 Å². The van der Waals surface area contributed by atoms with Crippen LogP contribution in [0.4, 0.5) is 0 Å². The number of rotatable bonds is 9. The van der Waals surface area contributed by atoms with E-state index < -0.39 is 44.4 Å². The fourth-order valence-electron chi connectivity index (χ4n) is 2.04. The van der Waals surface area contributed by atoms with Crippen LogP contribution in [-0.4, -0.2) is 57.9 Å². The molecule has 0 saturated heterocycles. The Morgan fingerprint density at radius 1 is 1.04 bits per heavy atom. The molecule has 0 aromatic rings. The highest BCUT2D eigenvalue weighted by Gasteiger charge is 2.57. The second-order valence-electron chi connectivity index (χ2n) is 5.07. The number of aliphatic hydroxyl groups is 1. The summed E-state index contributed by atoms with van der Waals surface area (Å²) in [6, 6.07) is 0. The minimum Gasteiger partial charge on any atom is -0.478 e. The van der Waals surface area contributed by atoms with Crippen LogP contribution in [0.25, 0.3) is 0 Å². The molecule has 0 aliphatic heterocycles. The molecule has 0 bridgehead atoms. The van der Waals surface area contributed by atoms with Crippen LogP contribution in [0.15, 0.2) is 25.3 Å². The number of carboxylic acid groups (broad SMARTS) is 1. The summed E-state index contributed by atoms with van der Waals surface area (Å²) >= 11 is 0. The molecule has 134 valence electrons. The van der Waals surface area contributed by atoms with Crippen molar-refractivity contribution in [2.75, 3.05) is 0 Å². The Morgan fingerprint density at radius 2 is 1.35 bits per heavy atom. The minimum absolute atomic E-state index is 0.140. The first-order chi connectivity index (χ1) is 10.2. The summed E-state index contributed by atoms with van der Waals surface area (Å²) in [5.74, 6) is -7.46. The van der Waals surface area contributed by atoms with E-state index in [4.69, 9.17) is 0 Å². The van der Waals surface area contributed by atoms with E-state index >= 15 is 0 Å². The van der Waals surface area contributed by atoms with Gasteiger partial charge in [0.15, 0.2) is 0 Å². The summed E-state index contributed by atoms with van der Waals surface area (Å²) in [5.41, 5.74) is -3.00. The van der Waals surface area contributed by atoms with E-state index in [0.29, 0.717) is 12.2 Å². The molecule has 23 heavy (non-hydrogen) atoms. The van der Waals surface area contributed by atoms with Gasteiger partial charge in [-0.2, -0.15) is 0 Å². The van der Waals surface area contributed by atoms with E-state index in [9.17, 15) is 43.7 Å².